The molecule has 0 aliphatic heterocycles. The predicted octanol–water partition coefficient (Wildman–Crippen LogP) is 2.05. The van der Waals surface area contributed by atoms with Crippen LogP contribution in [-0.4, -0.2) is 37.5 Å². The summed E-state index contributed by atoms with van der Waals surface area (Å²) in [5.41, 5.74) is 1.66. The molecule has 2 atom stereocenters. The molecule has 0 amide bonds. The molecule has 2 aromatic rings. The number of nitrogens with one attached hydrogen (secondary N) is 1. The lowest BCUT2D eigenvalue weighted by molar-refractivity contribution is 0.170. The summed E-state index contributed by atoms with van der Waals surface area (Å²) in [5.74, 6) is -0.307. The quantitative estimate of drug-likeness (QED) is 0.712. The van der Waals surface area contributed by atoms with Crippen LogP contribution >= 0.6 is 0 Å². The number of benzene rings is 2. The molecule has 0 aliphatic carbocycles. The van der Waals surface area contributed by atoms with E-state index in [0.29, 0.717) is 12.1 Å². The molecule has 0 heterocycles. The van der Waals surface area contributed by atoms with Crippen LogP contribution in [0.4, 0.5) is 0 Å². The maximum atomic E-state index is 11.6. The molecule has 0 bridgehead atoms. The average molecular weight is 349 g/mol. The van der Waals surface area contributed by atoms with E-state index >= 15 is 0 Å². The summed E-state index contributed by atoms with van der Waals surface area (Å²) in [4.78, 5) is -0.170. The summed E-state index contributed by atoms with van der Waals surface area (Å²) in [6.07, 6.45) is 1.00. The lowest BCUT2D eigenvalue weighted by atomic mass is 10.1. The molecular formula is C18H23NO4S. The van der Waals surface area contributed by atoms with E-state index in [1.165, 1.54) is 23.8 Å². The number of hydrogen-bond donors (Lipinski definition) is 3. The molecule has 130 valence electrons. The van der Waals surface area contributed by atoms with Gasteiger partial charge in [0.2, 0.25) is 0 Å². The zero-order chi connectivity index (χ0) is 17.7. The smallest absolute Gasteiger partial charge is 0.179 e. The number of aliphatic hydroxyl groups is 1. The minimum absolute atomic E-state index is 0.161. The molecule has 0 aromatic heterocycles. The Morgan fingerprint density at radius 3 is 2.42 bits per heavy atom. The van der Waals surface area contributed by atoms with Crippen molar-refractivity contribution in [3.63, 3.8) is 0 Å². The first-order valence-corrected chi connectivity index (χ1v) is 9.65. The van der Waals surface area contributed by atoms with Crippen LogP contribution < -0.4 is 5.32 Å². The third-order valence-corrected chi connectivity index (χ3v) is 4.94. The second-order valence-corrected chi connectivity index (χ2v) is 8.00. The van der Waals surface area contributed by atoms with Crippen LogP contribution in [-0.2, 0) is 16.3 Å². The Morgan fingerprint density at radius 1 is 1.12 bits per heavy atom. The number of rotatable bonds is 7. The van der Waals surface area contributed by atoms with Gasteiger partial charge in [-0.05, 0) is 36.6 Å². The largest absolute Gasteiger partial charge is 0.507 e. The molecule has 3 N–H and O–H groups in total. The molecule has 0 saturated carbocycles. The Balaban J connectivity index is 1.98. The van der Waals surface area contributed by atoms with Crippen LogP contribution in [0, 0.1) is 0 Å². The van der Waals surface area contributed by atoms with Crippen molar-refractivity contribution in [3.8, 4) is 5.75 Å². The Bertz CT molecular complexity index is 775. The van der Waals surface area contributed by atoms with Gasteiger partial charge in [0, 0.05) is 18.8 Å². The van der Waals surface area contributed by atoms with Crippen LogP contribution in [0.3, 0.4) is 0 Å². The minimum atomic E-state index is -3.54. The summed E-state index contributed by atoms with van der Waals surface area (Å²) in [5, 5.41) is 23.2. The third-order valence-electron chi connectivity index (χ3n) is 3.81. The van der Waals surface area contributed by atoms with Crippen molar-refractivity contribution >= 4 is 9.84 Å². The van der Waals surface area contributed by atoms with Crippen molar-refractivity contribution in [2.75, 3.05) is 12.8 Å². The van der Waals surface area contributed by atoms with Crippen LogP contribution in [0.2, 0.25) is 0 Å². The van der Waals surface area contributed by atoms with Gasteiger partial charge in [0.05, 0.1) is 6.10 Å². The number of hydrogen-bond acceptors (Lipinski definition) is 5. The highest BCUT2D eigenvalue weighted by molar-refractivity contribution is 7.90. The summed E-state index contributed by atoms with van der Waals surface area (Å²) >= 11 is 0. The average Bonchev–Trinajstić information content (AvgIpc) is 2.53. The molecule has 0 fully saturated rings. The Kier molecular flexibility index (Phi) is 5.99. The van der Waals surface area contributed by atoms with E-state index in [2.05, 4.69) is 5.32 Å². The first-order chi connectivity index (χ1) is 11.3. The van der Waals surface area contributed by atoms with Gasteiger partial charge >= 0.3 is 0 Å². The molecule has 24 heavy (non-hydrogen) atoms. The van der Waals surface area contributed by atoms with E-state index in [4.69, 9.17) is 0 Å². The zero-order valence-electron chi connectivity index (χ0n) is 13.8. The highest BCUT2D eigenvalue weighted by atomic mass is 32.2. The van der Waals surface area contributed by atoms with Crippen molar-refractivity contribution in [3.05, 3.63) is 59.7 Å². The molecule has 2 unspecified atom stereocenters. The van der Waals surface area contributed by atoms with Gasteiger partial charge in [-0.15, -0.1) is 0 Å². The van der Waals surface area contributed by atoms with Gasteiger partial charge in [0.25, 0.3) is 0 Å². The second kappa shape index (κ2) is 7.79. The molecular weight excluding hydrogens is 326 g/mol. The lowest BCUT2D eigenvalue weighted by Crippen LogP contribution is -2.32. The minimum Gasteiger partial charge on any atom is -0.507 e. The maximum absolute atomic E-state index is 11.6. The number of aromatic hydroxyl groups is 1. The van der Waals surface area contributed by atoms with Crippen LogP contribution in [0.1, 0.15) is 24.2 Å². The molecule has 0 spiro atoms. The summed E-state index contributed by atoms with van der Waals surface area (Å²) < 4.78 is 23.3. The van der Waals surface area contributed by atoms with Gasteiger partial charge in [-0.1, -0.05) is 36.4 Å². The van der Waals surface area contributed by atoms with Crippen molar-refractivity contribution in [2.45, 2.75) is 30.4 Å². The number of phenolic OH excluding ortho intramolecular Hbond substituents is 1. The fourth-order valence-electron chi connectivity index (χ4n) is 2.51. The molecule has 0 aliphatic rings. The molecule has 0 radical (unpaired) electrons. The van der Waals surface area contributed by atoms with Gasteiger partial charge in [-0.3, -0.25) is 0 Å². The van der Waals surface area contributed by atoms with Gasteiger partial charge in [0.1, 0.15) is 10.6 Å². The highest BCUT2D eigenvalue weighted by Gasteiger charge is 2.17. The van der Waals surface area contributed by atoms with E-state index in [0.717, 1.165) is 12.7 Å². The van der Waals surface area contributed by atoms with E-state index < -0.39 is 15.9 Å². The van der Waals surface area contributed by atoms with Crippen LogP contribution in [0.15, 0.2) is 53.4 Å². The molecule has 2 rings (SSSR count). The predicted molar refractivity (Wildman–Crippen MR) is 93.8 cm³/mol. The zero-order valence-corrected chi connectivity index (χ0v) is 14.6. The summed E-state index contributed by atoms with van der Waals surface area (Å²) in [6.45, 7) is 2.32. The van der Waals surface area contributed by atoms with Crippen LogP contribution in [0.5, 0.6) is 5.75 Å². The van der Waals surface area contributed by atoms with Crippen molar-refractivity contribution < 1.29 is 18.6 Å². The SMILES string of the molecule is CC(Cc1ccccc1)NCC(O)c1ccc(O)c(S(C)(=O)=O)c1. The molecule has 5 nitrogen and oxygen atoms in total. The fraction of sp³-hybridized carbons (Fsp3) is 0.333. The molecule has 0 saturated heterocycles. The standard InChI is InChI=1S/C18H23NO4S/c1-13(10-14-6-4-3-5-7-14)19-12-17(21)15-8-9-16(20)18(11-15)24(2,22)23/h3-9,11,13,17,19-21H,10,12H2,1-2H3. The number of phenols is 1. The lowest BCUT2D eigenvalue weighted by Gasteiger charge is -2.18. The Labute approximate surface area is 142 Å². The second-order valence-electron chi connectivity index (χ2n) is 6.01. The first kappa shape index (κ1) is 18.4. The number of sulfone groups is 1. The van der Waals surface area contributed by atoms with E-state index in [-0.39, 0.29) is 16.7 Å². The van der Waals surface area contributed by atoms with Gasteiger partial charge in [-0.2, -0.15) is 0 Å². The van der Waals surface area contributed by atoms with Crippen molar-refractivity contribution in [1.82, 2.24) is 5.32 Å². The van der Waals surface area contributed by atoms with Gasteiger partial charge < -0.3 is 15.5 Å². The monoisotopic (exact) mass is 349 g/mol. The number of aliphatic hydroxyl groups excluding tert-OH is 1. The summed E-state index contributed by atoms with van der Waals surface area (Å²) in [7, 11) is -3.54. The maximum Gasteiger partial charge on any atom is 0.179 e. The Hall–Kier alpha value is -1.89. The first-order valence-electron chi connectivity index (χ1n) is 7.75. The molecule has 6 heteroatoms. The normalized spacial score (nSPS) is 14.3. The van der Waals surface area contributed by atoms with E-state index in [1.54, 1.807) is 0 Å². The third kappa shape index (κ3) is 5.06. The van der Waals surface area contributed by atoms with Gasteiger partial charge in [-0.25, -0.2) is 8.42 Å². The topological polar surface area (TPSA) is 86.6 Å². The molecule has 2 aromatic carbocycles. The fourth-order valence-corrected chi connectivity index (χ4v) is 3.30. The van der Waals surface area contributed by atoms with Gasteiger partial charge in [0.15, 0.2) is 9.84 Å². The van der Waals surface area contributed by atoms with E-state index in [1.807, 2.05) is 37.3 Å². The van der Waals surface area contributed by atoms with E-state index in [9.17, 15) is 18.6 Å². The van der Waals surface area contributed by atoms with Crippen molar-refractivity contribution in [1.29, 1.82) is 0 Å². The van der Waals surface area contributed by atoms with Crippen LogP contribution in [0.25, 0.3) is 0 Å². The highest BCUT2D eigenvalue weighted by Crippen LogP contribution is 2.26. The summed E-state index contributed by atoms with van der Waals surface area (Å²) in [6, 6.07) is 14.3. The Morgan fingerprint density at radius 2 is 1.79 bits per heavy atom. The van der Waals surface area contributed by atoms with Crippen molar-refractivity contribution in [2.24, 2.45) is 0 Å².